The lowest BCUT2D eigenvalue weighted by atomic mass is 10.2. The molecule has 0 aliphatic rings. The van der Waals surface area contributed by atoms with Crippen LogP contribution >= 0.6 is 11.8 Å². The zero-order valence-electron chi connectivity index (χ0n) is 12.4. The molecule has 0 spiro atoms. The van der Waals surface area contributed by atoms with Crippen LogP contribution in [0.2, 0.25) is 0 Å². The third-order valence-corrected chi connectivity index (χ3v) is 4.46. The number of hydrogen-bond donors (Lipinski definition) is 0. The number of aromatic nitrogens is 3. The lowest BCUT2D eigenvalue weighted by Gasteiger charge is -2.07. The number of rotatable bonds is 5. The first-order valence-corrected chi connectivity index (χ1v) is 8.03. The van der Waals surface area contributed by atoms with Crippen LogP contribution in [0.1, 0.15) is 18.2 Å². The van der Waals surface area contributed by atoms with Gasteiger partial charge in [0.25, 0.3) is 0 Å². The molecule has 0 radical (unpaired) electrons. The maximum Gasteiger partial charge on any atom is 0.191 e. The molecule has 6 heteroatoms. The summed E-state index contributed by atoms with van der Waals surface area (Å²) in [7, 11) is 0. The van der Waals surface area contributed by atoms with E-state index in [-0.39, 0.29) is 5.82 Å². The minimum absolute atomic E-state index is 0.191. The second kappa shape index (κ2) is 6.36. The van der Waals surface area contributed by atoms with Gasteiger partial charge in [0.15, 0.2) is 11.0 Å². The fraction of sp³-hybridized carbons (Fsp3) is 0.250. The SMILES string of the molecule is CCn1c(SCc2ccccc2F)nnc1-c1ccoc1C. The molecule has 0 amide bonds. The predicted molar refractivity (Wildman–Crippen MR) is 84.1 cm³/mol. The first kappa shape index (κ1) is 14.8. The first-order chi connectivity index (χ1) is 10.7. The van der Waals surface area contributed by atoms with Crippen molar-refractivity contribution in [2.24, 2.45) is 0 Å². The zero-order chi connectivity index (χ0) is 15.5. The Kier molecular flexibility index (Phi) is 4.29. The summed E-state index contributed by atoms with van der Waals surface area (Å²) in [4.78, 5) is 0. The molecular formula is C16H16FN3OS. The molecule has 0 bridgehead atoms. The van der Waals surface area contributed by atoms with E-state index in [1.807, 2.05) is 30.5 Å². The minimum atomic E-state index is -0.191. The van der Waals surface area contributed by atoms with Crippen LogP contribution in [0.5, 0.6) is 0 Å². The second-order valence-corrected chi connectivity index (χ2v) is 5.76. The summed E-state index contributed by atoms with van der Waals surface area (Å²) in [6, 6.07) is 8.68. The summed E-state index contributed by atoms with van der Waals surface area (Å²) >= 11 is 1.48. The molecular weight excluding hydrogens is 301 g/mol. The van der Waals surface area contributed by atoms with Crippen molar-refractivity contribution in [2.45, 2.75) is 31.3 Å². The van der Waals surface area contributed by atoms with Gasteiger partial charge < -0.3 is 8.98 Å². The lowest BCUT2D eigenvalue weighted by molar-refractivity contribution is 0.534. The van der Waals surface area contributed by atoms with E-state index in [4.69, 9.17) is 4.42 Å². The maximum absolute atomic E-state index is 13.7. The van der Waals surface area contributed by atoms with Crippen LogP contribution in [0.3, 0.4) is 0 Å². The summed E-state index contributed by atoms with van der Waals surface area (Å²) in [6.45, 7) is 4.68. The standard InChI is InChI=1S/C16H16FN3OS/c1-3-20-15(13-8-9-21-11(13)2)18-19-16(20)22-10-12-6-4-5-7-14(12)17/h4-9H,3,10H2,1-2H3. The van der Waals surface area contributed by atoms with Crippen LogP contribution in [0.4, 0.5) is 4.39 Å². The van der Waals surface area contributed by atoms with Crippen molar-refractivity contribution in [1.29, 1.82) is 0 Å². The van der Waals surface area contributed by atoms with Crippen LogP contribution in [0, 0.1) is 12.7 Å². The van der Waals surface area contributed by atoms with Crippen molar-refractivity contribution in [3.8, 4) is 11.4 Å². The monoisotopic (exact) mass is 317 g/mol. The maximum atomic E-state index is 13.7. The third-order valence-electron chi connectivity index (χ3n) is 3.45. The quantitative estimate of drug-likeness (QED) is 0.658. The molecule has 0 saturated heterocycles. The van der Waals surface area contributed by atoms with E-state index in [1.165, 1.54) is 17.8 Å². The molecule has 4 nitrogen and oxygen atoms in total. The summed E-state index contributed by atoms with van der Waals surface area (Å²) in [6.07, 6.45) is 1.64. The molecule has 0 atom stereocenters. The summed E-state index contributed by atoms with van der Waals surface area (Å²) in [5.74, 6) is 1.93. The molecule has 0 saturated carbocycles. The van der Waals surface area contributed by atoms with Crippen molar-refractivity contribution < 1.29 is 8.81 Å². The molecule has 0 N–H and O–H groups in total. The normalized spacial score (nSPS) is 11.0. The van der Waals surface area contributed by atoms with Gasteiger partial charge in [-0.1, -0.05) is 30.0 Å². The van der Waals surface area contributed by atoms with E-state index in [0.717, 1.165) is 28.8 Å². The van der Waals surface area contributed by atoms with Crippen molar-refractivity contribution in [3.05, 3.63) is 53.7 Å². The Morgan fingerprint density at radius 2 is 2.05 bits per heavy atom. The molecule has 3 aromatic rings. The second-order valence-electron chi connectivity index (χ2n) is 4.82. The van der Waals surface area contributed by atoms with Gasteiger partial charge >= 0.3 is 0 Å². The molecule has 114 valence electrons. The van der Waals surface area contributed by atoms with Crippen LogP contribution in [0.25, 0.3) is 11.4 Å². The van der Waals surface area contributed by atoms with Gasteiger partial charge in [0.2, 0.25) is 0 Å². The van der Waals surface area contributed by atoms with Crippen molar-refractivity contribution in [3.63, 3.8) is 0 Å². The van der Waals surface area contributed by atoms with E-state index in [2.05, 4.69) is 10.2 Å². The van der Waals surface area contributed by atoms with Crippen LogP contribution in [-0.4, -0.2) is 14.8 Å². The smallest absolute Gasteiger partial charge is 0.191 e. The Bertz CT molecular complexity index is 781. The Labute approximate surface area is 132 Å². The molecule has 0 unspecified atom stereocenters. The van der Waals surface area contributed by atoms with E-state index in [0.29, 0.717) is 11.3 Å². The third kappa shape index (κ3) is 2.78. The van der Waals surface area contributed by atoms with E-state index in [9.17, 15) is 4.39 Å². The van der Waals surface area contributed by atoms with Gasteiger partial charge in [0.05, 0.1) is 11.8 Å². The van der Waals surface area contributed by atoms with Gasteiger partial charge in [0, 0.05) is 12.3 Å². The van der Waals surface area contributed by atoms with Gasteiger partial charge in [-0.05, 0) is 31.5 Å². The molecule has 0 fully saturated rings. The van der Waals surface area contributed by atoms with Crippen molar-refractivity contribution >= 4 is 11.8 Å². The average Bonchev–Trinajstić information content (AvgIpc) is 3.11. The number of nitrogens with zero attached hydrogens (tertiary/aromatic N) is 3. The minimum Gasteiger partial charge on any atom is -0.469 e. The fourth-order valence-electron chi connectivity index (χ4n) is 2.25. The Morgan fingerprint density at radius 3 is 2.73 bits per heavy atom. The number of hydrogen-bond acceptors (Lipinski definition) is 4. The highest BCUT2D eigenvalue weighted by molar-refractivity contribution is 7.98. The molecule has 0 aliphatic carbocycles. The lowest BCUT2D eigenvalue weighted by Crippen LogP contribution is -2.00. The highest BCUT2D eigenvalue weighted by Gasteiger charge is 2.16. The van der Waals surface area contributed by atoms with E-state index >= 15 is 0 Å². The molecule has 2 aromatic heterocycles. The zero-order valence-corrected chi connectivity index (χ0v) is 13.2. The summed E-state index contributed by atoms with van der Waals surface area (Å²) in [5.41, 5.74) is 1.60. The molecule has 1 aromatic carbocycles. The van der Waals surface area contributed by atoms with Gasteiger partial charge in [-0.3, -0.25) is 0 Å². The largest absolute Gasteiger partial charge is 0.469 e. The van der Waals surface area contributed by atoms with E-state index in [1.54, 1.807) is 18.4 Å². The van der Waals surface area contributed by atoms with Crippen molar-refractivity contribution in [2.75, 3.05) is 0 Å². The fourth-order valence-corrected chi connectivity index (χ4v) is 3.24. The number of halogens is 1. The Balaban J connectivity index is 1.85. The molecule has 22 heavy (non-hydrogen) atoms. The van der Waals surface area contributed by atoms with Gasteiger partial charge in [-0.25, -0.2) is 4.39 Å². The topological polar surface area (TPSA) is 43.9 Å². The highest BCUT2D eigenvalue weighted by Crippen LogP contribution is 2.28. The average molecular weight is 317 g/mol. The van der Waals surface area contributed by atoms with E-state index < -0.39 is 0 Å². The molecule has 3 rings (SSSR count). The number of furan rings is 1. The molecule has 2 heterocycles. The number of aryl methyl sites for hydroxylation is 1. The van der Waals surface area contributed by atoms with Gasteiger partial charge in [-0.2, -0.15) is 0 Å². The Morgan fingerprint density at radius 1 is 1.23 bits per heavy atom. The summed E-state index contributed by atoms with van der Waals surface area (Å²) in [5, 5.41) is 9.28. The van der Waals surface area contributed by atoms with Gasteiger partial charge in [-0.15, -0.1) is 10.2 Å². The predicted octanol–water partition coefficient (Wildman–Crippen LogP) is 4.30. The molecule has 0 aliphatic heterocycles. The first-order valence-electron chi connectivity index (χ1n) is 7.04. The summed E-state index contributed by atoms with van der Waals surface area (Å²) < 4.78 is 21.0. The van der Waals surface area contributed by atoms with Gasteiger partial charge in [0.1, 0.15) is 11.6 Å². The van der Waals surface area contributed by atoms with Crippen molar-refractivity contribution in [1.82, 2.24) is 14.8 Å². The van der Waals surface area contributed by atoms with Crippen LogP contribution in [-0.2, 0) is 12.3 Å². The highest BCUT2D eigenvalue weighted by atomic mass is 32.2. The van der Waals surface area contributed by atoms with Crippen LogP contribution in [0.15, 0.2) is 46.2 Å². The Hall–Kier alpha value is -2.08. The number of benzene rings is 1. The number of thioether (sulfide) groups is 1. The van der Waals surface area contributed by atoms with Crippen LogP contribution < -0.4 is 0 Å².